The van der Waals surface area contributed by atoms with Gasteiger partial charge in [0.05, 0.1) is 7.11 Å². The van der Waals surface area contributed by atoms with E-state index in [0.29, 0.717) is 17.1 Å². The third-order valence-electron chi connectivity index (χ3n) is 5.75. The van der Waals surface area contributed by atoms with Crippen LogP contribution in [0.2, 0.25) is 5.02 Å². The van der Waals surface area contributed by atoms with Crippen LogP contribution in [0.25, 0.3) is 0 Å². The average molecular weight is 421 g/mol. The molecule has 0 spiro atoms. The number of nitrogens with zero attached hydrogens (tertiary/aromatic N) is 1. The van der Waals surface area contributed by atoms with Gasteiger partial charge in [0.25, 0.3) is 0 Å². The molecule has 160 valence electrons. The molecule has 0 bridgehead atoms. The van der Waals surface area contributed by atoms with E-state index in [0.717, 1.165) is 37.4 Å². The molecule has 2 aromatic carbocycles. The number of hydrogen-bond donors (Lipinski definition) is 1. The first-order chi connectivity index (χ1) is 13.9. The number of rotatable bonds is 7. The normalized spacial score (nSPS) is 15.3. The summed E-state index contributed by atoms with van der Waals surface area (Å²) < 4.78 is 18.5. The fourth-order valence-electron chi connectivity index (χ4n) is 3.78. The number of ether oxygens (including phenoxy) is 1. The molecule has 1 aliphatic heterocycles. The number of likely N-dealkylation sites (tertiary alicyclic amines) is 1. The summed E-state index contributed by atoms with van der Waals surface area (Å²) in [5.41, 5.74) is 4.88. The zero-order valence-corrected chi connectivity index (χ0v) is 19.2. The fourth-order valence-corrected chi connectivity index (χ4v) is 4.04. The summed E-state index contributed by atoms with van der Waals surface area (Å²) in [7, 11) is 1.72. The van der Waals surface area contributed by atoms with Gasteiger partial charge in [0, 0.05) is 30.2 Å². The van der Waals surface area contributed by atoms with Crippen molar-refractivity contribution >= 4 is 11.6 Å². The van der Waals surface area contributed by atoms with E-state index >= 15 is 0 Å². The Bertz CT molecular complexity index is 806. The van der Waals surface area contributed by atoms with Crippen molar-refractivity contribution in [1.29, 1.82) is 0 Å². The topological polar surface area (TPSA) is 24.5 Å². The summed E-state index contributed by atoms with van der Waals surface area (Å²) in [5.74, 6) is 0.662. The Morgan fingerprint density at radius 3 is 2.48 bits per heavy atom. The Hall–Kier alpha value is -1.62. The Labute approximate surface area is 180 Å². The van der Waals surface area contributed by atoms with Crippen LogP contribution < -0.4 is 10.1 Å². The highest BCUT2D eigenvalue weighted by Gasteiger charge is 2.31. The molecule has 1 aliphatic rings. The van der Waals surface area contributed by atoms with Crippen LogP contribution >= 0.6 is 11.6 Å². The number of hydrogen-bond acceptors (Lipinski definition) is 3. The van der Waals surface area contributed by atoms with Crippen LogP contribution in [0.1, 0.15) is 49.1 Å². The molecule has 1 fully saturated rings. The molecule has 3 rings (SSSR count). The minimum Gasteiger partial charge on any atom is -0.496 e. The highest BCUT2D eigenvalue weighted by Crippen LogP contribution is 2.32. The van der Waals surface area contributed by atoms with Crippen molar-refractivity contribution in [1.82, 2.24) is 10.2 Å². The van der Waals surface area contributed by atoms with E-state index in [-0.39, 0.29) is 5.82 Å². The lowest BCUT2D eigenvalue weighted by molar-refractivity contribution is 0.0838. The summed E-state index contributed by atoms with van der Waals surface area (Å²) in [6, 6.07) is 9.74. The minimum atomic E-state index is -0.288. The number of nitrogens with one attached hydrogen (secondary N) is 1. The lowest BCUT2D eigenvalue weighted by Crippen LogP contribution is -2.58. The smallest absolute Gasteiger partial charge is 0.124 e. The molecule has 1 saturated heterocycles. The summed E-state index contributed by atoms with van der Waals surface area (Å²) >= 11 is 6.09. The van der Waals surface area contributed by atoms with Crippen LogP contribution in [0.3, 0.4) is 0 Å². The molecule has 29 heavy (non-hydrogen) atoms. The van der Waals surface area contributed by atoms with E-state index in [1.807, 2.05) is 13.8 Å². The zero-order chi connectivity index (χ0) is 21.6. The minimum absolute atomic E-state index is 0.288. The molecule has 1 heterocycles. The molecular formula is C24H34ClFN2O. The van der Waals surface area contributed by atoms with Gasteiger partial charge in [0.15, 0.2) is 0 Å². The van der Waals surface area contributed by atoms with Gasteiger partial charge in [-0.1, -0.05) is 37.6 Å². The number of methoxy groups -OCH3 is 1. The third kappa shape index (κ3) is 5.71. The highest BCUT2D eigenvalue weighted by atomic mass is 35.5. The molecule has 2 aromatic rings. The molecule has 0 aliphatic carbocycles. The van der Waals surface area contributed by atoms with Crippen molar-refractivity contribution in [2.45, 2.75) is 53.1 Å². The maximum absolute atomic E-state index is 13.1. The average Bonchev–Trinajstić information content (AvgIpc) is 2.68. The van der Waals surface area contributed by atoms with Gasteiger partial charge in [-0.05, 0) is 74.2 Å². The Kier molecular flexibility index (Phi) is 8.94. The Morgan fingerprint density at radius 2 is 1.86 bits per heavy atom. The summed E-state index contributed by atoms with van der Waals surface area (Å²) in [6.07, 6.45) is 0.807. The zero-order valence-electron chi connectivity index (χ0n) is 18.5. The van der Waals surface area contributed by atoms with E-state index < -0.39 is 0 Å². The van der Waals surface area contributed by atoms with Crippen LogP contribution in [0.15, 0.2) is 30.3 Å². The van der Waals surface area contributed by atoms with Crippen molar-refractivity contribution in [3.63, 3.8) is 0 Å². The van der Waals surface area contributed by atoms with Crippen LogP contribution in [0.5, 0.6) is 5.75 Å². The van der Waals surface area contributed by atoms with Gasteiger partial charge < -0.3 is 10.1 Å². The molecule has 1 unspecified atom stereocenters. The van der Waals surface area contributed by atoms with E-state index in [9.17, 15) is 4.39 Å². The highest BCUT2D eigenvalue weighted by molar-refractivity contribution is 6.31. The fraction of sp³-hybridized carbons (Fsp3) is 0.500. The number of halogens is 2. The van der Waals surface area contributed by atoms with Crippen LogP contribution in [0.4, 0.5) is 4.39 Å². The standard InChI is InChI=1S/C22H28ClFN2O.C2H6/c1-14-15(2)22(27-4)8-7-20(14)16(3)26-12-19(13-26)25-10-9-17-5-6-18(24)11-21(17)23;1-2/h5-8,11,16,19,25H,9-10,12-13H2,1-4H3;1-2H3. The monoisotopic (exact) mass is 420 g/mol. The van der Waals surface area contributed by atoms with Crippen LogP contribution in [0, 0.1) is 19.7 Å². The second-order valence-electron chi connectivity index (χ2n) is 7.37. The maximum atomic E-state index is 13.1. The molecule has 0 amide bonds. The predicted octanol–water partition coefficient (Wildman–Crippen LogP) is 5.71. The van der Waals surface area contributed by atoms with Crippen molar-refractivity contribution in [3.05, 3.63) is 63.4 Å². The molecule has 0 aromatic heterocycles. The molecular weight excluding hydrogens is 387 g/mol. The van der Waals surface area contributed by atoms with Gasteiger partial charge in [-0.3, -0.25) is 4.90 Å². The van der Waals surface area contributed by atoms with Crippen molar-refractivity contribution in [2.24, 2.45) is 0 Å². The summed E-state index contributed by atoms with van der Waals surface area (Å²) in [4.78, 5) is 2.48. The van der Waals surface area contributed by atoms with Gasteiger partial charge in [-0.2, -0.15) is 0 Å². The molecule has 0 radical (unpaired) electrons. The summed E-state index contributed by atoms with van der Waals surface area (Å²) in [5, 5.41) is 4.08. The first-order valence-electron chi connectivity index (χ1n) is 10.5. The third-order valence-corrected chi connectivity index (χ3v) is 6.10. The van der Waals surface area contributed by atoms with E-state index in [4.69, 9.17) is 16.3 Å². The quantitative estimate of drug-likeness (QED) is 0.621. The van der Waals surface area contributed by atoms with Gasteiger partial charge >= 0.3 is 0 Å². The molecule has 1 atom stereocenters. The van der Waals surface area contributed by atoms with E-state index in [2.05, 4.69) is 43.1 Å². The molecule has 1 N–H and O–H groups in total. The first-order valence-corrected chi connectivity index (χ1v) is 10.8. The second kappa shape index (κ2) is 11.0. The van der Waals surface area contributed by atoms with Gasteiger partial charge in [-0.15, -0.1) is 0 Å². The van der Waals surface area contributed by atoms with Gasteiger partial charge in [-0.25, -0.2) is 4.39 Å². The SMILES string of the molecule is CC.COc1ccc(C(C)N2CC(NCCc3ccc(F)cc3Cl)C2)c(C)c1C. The molecule has 0 saturated carbocycles. The Balaban J connectivity index is 0.00000145. The second-order valence-corrected chi connectivity index (χ2v) is 7.78. The predicted molar refractivity (Wildman–Crippen MR) is 121 cm³/mol. The first kappa shape index (κ1) is 23.7. The van der Waals surface area contributed by atoms with Crippen LogP contribution in [-0.4, -0.2) is 37.7 Å². The van der Waals surface area contributed by atoms with Crippen LogP contribution in [-0.2, 0) is 6.42 Å². The lowest BCUT2D eigenvalue weighted by atomic mass is 9.94. The lowest BCUT2D eigenvalue weighted by Gasteiger charge is -2.44. The number of benzene rings is 2. The van der Waals surface area contributed by atoms with Crippen molar-refractivity contribution in [3.8, 4) is 5.75 Å². The summed E-state index contributed by atoms with van der Waals surface area (Å²) in [6.45, 7) is 13.5. The van der Waals surface area contributed by atoms with E-state index in [1.54, 1.807) is 13.2 Å². The maximum Gasteiger partial charge on any atom is 0.124 e. The molecule has 5 heteroatoms. The van der Waals surface area contributed by atoms with Crippen molar-refractivity contribution in [2.75, 3.05) is 26.7 Å². The van der Waals surface area contributed by atoms with Gasteiger partial charge in [0.1, 0.15) is 11.6 Å². The van der Waals surface area contributed by atoms with E-state index in [1.165, 1.54) is 28.8 Å². The Morgan fingerprint density at radius 1 is 1.17 bits per heavy atom. The van der Waals surface area contributed by atoms with Gasteiger partial charge in [0.2, 0.25) is 0 Å². The molecule has 3 nitrogen and oxygen atoms in total. The van der Waals surface area contributed by atoms with Crippen molar-refractivity contribution < 1.29 is 9.13 Å². The largest absolute Gasteiger partial charge is 0.496 e.